The van der Waals surface area contributed by atoms with Crippen molar-refractivity contribution >= 4 is 22.8 Å². The molecule has 1 N–H and O–H groups in total. The number of nitrogens with zero attached hydrogens (tertiary/aromatic N) is 5. The van der Waals surface area contributed by atoms with Crippen LogP contribution in [-0.4, -0.2) is 35.1 Å². The Bertz CT molecular complexity index is 1420. The number of hydrogen-bond donors (Lipinski definition) is 1. The van der Waals surface area contributed by atoms with E-state index in [1.165, 1.54) is 0 Å². The molecule has 5 rings (SSSR count). The van der Waals surface area contributed by atoms with Crippen molar-refractivity contribution < 1.29 is 0 Å². The van der Waals surface area contributed by atoms with E-state index in [9.17, 15) is 4.79 Å². The van der Waals surface area contributed by atoms with Gasteiger partial charge in [-0.15, -0.1) is 10.2 Å². The number of nitrogens with one attached hydrogen (secondary N) is 1. The first kappa shape index (κ1) is 20.3. The Hall–Kier alpha value is -3.65. The number of hydrogen-bond acceptors (Lipinski definition) is 5. The number of aryl methyl sites for hydroxylation is 2. The minimum Gasteiger partial charge on any atom is -0.306 e. The average Bonchev–Trinajstić information content (AvgIpc) is 3.38. The summed E-state index contributed by atoms with van der Waals surface area (Å²) in [5.74, 6) is 1.60. The van der Waals surface area contributed by atoms with E-state index in [4.69, 9.17) is 0 Å². The van der Waals surface area contributed by atoms with Crippen LogP contribution in [-0.2, 0) is 6.54 Å². The molecule has 0 saturated carbocycles. The Morgan fingerprint density at radius 2 is 1.75 bits per heavy atom. The van der Waals surface area contributed by atoms with Crippen molar-refractivity contribution in [3.8, 4) is 17.1 Å². The van der Waals surface area contributed by atoms with Gasteiger partial charge in [-0.3, -0.25) is 14.1 Å². The molecule has 32 heavy (non-hydrogen) atoms. The fraction of sp³-hybridized carbons (Fsp3) is 0.167. The van der Waals surface area contributed by atoms with Crippen LogP contribution in [0.1, 0.15) is 12.0 Å². The van der Waals surface area contributed by atoms with E-state index in [-0.39, 0.29) is 5.69 Å². The van der Waals surface area contributed by atoms with Crippen LogP contribution in [0.25, 0.3) is 28.1 Å². The van der Waals surface area contributed by atoms with E-state index < -0.39 is 0 Å². The van der Waals surface area contributed by atoms with Crippen LogP contribution in [0, 0.1) is 6.92 Å². The molecule has 0 aliphatic carbocycles. The summed E-state index contributed by atoms with van der Waals surface area (Å²) < 4.78 is 3.90. The lowest BCUT2D eigenvalue weighted by molar-refractivity contribution is 0.678. The maximum absolute atomic E-state index is 12.3. The second-order valence-electron chi connectivity index (χ2n) is 7.46. The SMILES string of the molecule is Cc1ccccc1-n1c(SCCCn2c(=O)[nH]c3ccccc32)nnc1-c1ccncc1. The molecule has 0 saturated heterocycles. The zero-order valence-corrected chi connectivity index (χ0v) is 18.4. The van der Waals surface area contributed by atoms with Crippen LogP contribution in [0.3, 0.4) is 0 Å². The van der Waals surface area contributed by atoms with Crippen LogP contribution in [0.15, 0.2) is 83.0 Å². The van der Waals surface area contributed by atoms with Crippen LogP contribution >= 0.6 is 11.8 Å². The molecule has 0 bridgehead atoms. The van der Waals surface area contributed by atoms with Gasteiger partial charge in [0.15, 0.2) is 11.0 Å². The quantitative estimate of drug-likeness (QED) is 0.297. The minimum atomic E-state index is -0.0701. The van der Waals surface area contributed by atoms with Crippen LogP contribution in [0.4, 0.5) is 0 Å². The van der Waals surface area contributed by atoms with Gasteiger partial charge in [-0.1, -0.05) is 42.1 Å². The van der Waals surface area contributed by atoms with Crippen molar-refractivity contribution in [3.05, 3.63) is 89.1 Å². The summed E-state index contributed by atoms with van der Waals surface area (Å²) in [7, 11) is 0. The maximum Gasteiger partial charge on any atom is 0.326 e. The molecule has 160 valence electrons. The molecule has 2 aromatic carbocycles. The molecule has 0 aliphatic rings. The molecular formula is C24H22N6OS. The lowest BCUT2D eigenvalue weighted by Gasteiger charge is -2.13. The number of aromatic amines is 1. The molecule has 0 aliphatic heterocycles. The predicted octanol–water partition coefficient (Wildman–Crippen LogP) is 4.46. The van der Waals surface area contributed by atoms with E-state index >= 15 is 0 Å². The first-order valence-corrected chi connectivity index (χ1v) is 11.4. The molecule has 0 spiro atoms. The number of pyridine rings is 1. The maximum atomic E-state index is 12.3. The monoisotopic (exact) mass is 442 g/mol. The van der Waals surface area contributed by atoms with E-state index in [0.717, 1.165) is 51.0 Å². The third-order valence-corrected chi connectivity index (χ3v) is 6.38. The highest BCUT2D eigenvalue weighted by Crippen LogP contribution is 2.29. The van der Waals surface area contributed by atoms with Gasteiger partial charge in [0, 0.05) is 30.3 Å². The summed E-state index contributed by atoms with van der Waals surface area (Å²) in [6.07, 6.45) is 4.35. The molecule has 0 amide bonds. The highest BCUT2D eigenvalue weighted by molar-refractivity contribution is 7.99. The number of thioether (sulfide) groups is 1. The van der Waals surface area contributed by atoms with Crippen molar-refractivity contribution in [2.75, 3.05) is 5.75 Å². The largest absolute Gasteiger partial charge is 0.326 e. The Balaban J connectivity index is 1.39. The lowest BCUT2D eigenvalue weighted by Crippen LogP contribution is -2.17. The van der Waals surface area contributed by atoms with Crippen molar-refractivity contribution in [2.24, 2.45) is 0 Å². The van der Waals surface area contributed by atoms with Gasteiger partial charge in [0.25, 0.3) is 0 Å². The number of rotatable bonds is 7. The Labute approximate surface area is 189 Å². The summed E-state index contributed by atoms with van der Waals surface area (Å²) in [5, 5.41) is 9.82. The van der Waals surface area contributed by atoms with Crippen LogP contribution in [0.5, 0.6) is 0 Å². The highest BCUT2D eigenvalue weighted by Gasteiger charge is 2.17. The van der Waals surface area contributed by atoms with E-state index in [1.54, 1.807) is 28.7 Å². The summed E-state index contributed by atoms with van der Waals surface area (Å²) in [5.41, 5.74) is 4.90. The zero-order valence-electron chi connectivity index (χ0n) is 17.6. The molecule has 0 unspecified atom stereocenters. The molecule has 3 aromatic heterocycles. The lowest BCUT2D eigenvalue weighted by atomic mass is 10.2. The second-order valence-corrected chi connectivity index (χ2v) is 8.53. The molecule has 5 aromatic rings. The van der Waals surface area contributed by atoms with Gasteiger partial charge in [-0.25, -0.2) is 4.79 Å². The van der Waals surface area contributed by atoms with Gasteiger partial charge >= 0.3 is 5.69 Å². The molecule has 0 fully saturated rings. The van der Waals surface area contributed by atoms with Gasteiger partial charge in [0.1, 0.15) is 0 Å². The Kier molecular flexibility index (Phi) is 5.60. The Morgan fingerprint density at radius 1 is 0.969 bits per heavy atom. The van der Waals surface area contributed by atoms with Gasteiger partial charge in [-0.05, 0) is 49.2 Å². The van der Waals surface area contributed by atoms with Crippen molar-refractivity contribution in [1.82, 2.24) is 29.3 Å². The van der Waals surface area contributed by atoms with Crippen molar-refractivity contribution in [1.29, 1.82) is 0 Å². The zero-order chi connectivity index (χ0) is 21.9. The molecule has 0 atom stereocenters. The summed E-state index contributed by atoms with van der Waals surface area (Å²) >= 11 is 1.65. The second kappa shape index (κ2) is 8.84. The van der Waals surface area contributed by atoms with Gasteiger partial charge in [0.2, 0.25) is 0 Å². The molecule has 7 nitrogen and oxygen atoms in total. The van der Waals surface area contributed by atoms with Crippen LogP contribution < -0.4 is 5.69 Å². The standard InChI is InChI=1S/C24H22N6OS/c1-17-7-2-4-9-20(17)30-22(18-11-13-25-14-12-18)27-28-24(30)32-16-6-15-29-21-10-5-3-8-19(21)26-23(29)31/h2-5,7-14H,6,15-16H2,1H3,(H,26,31). The number of fused-ring (bicyclic) bond motifs is 1. The molecule has 8 heteroatoms. The number of para-hydroxylation sites is 3. The third-order valence-electron chi connectivity index (χ3n) is 5.37. The predicted molar refractivity (Wildman–Crippen MR) is 127 cm³/mol. The number of aromatic nitrogens is 6. The topological polar surface area (TPSA) is 81.4 Å². The number of H-pyrrole nitrogens is 1. The fourth-order valence-electron chi connectivity index (χ4n) is 3.80. The number of benzene rings is 2. The summed E-state index contributed by atoms with van der Waals surface area (Å²) in [6, 6.07) is 19.9. The smallest absolute Gasteiger partial charge is 0.306 e. The molecule has 0 radical (unpaired) electrons. The Morgan fingerprint density at radius 3 is 2.59 bits per heavy atom. The van der Waals surface area contributed by atoms with Crippen molar-refractivity contribution in [3.63, 3.8) is 0 Å². The molecular weight excluding hydrogens is 420 g/mol. The molecule has 3 heterocycles. The van der Waals surface area contributed by atoms with Crippen molar-refractivity contribution in [2.45, 2.75) is 25.0 Å². The first-order valence-electron chi connectivity index (χ1n) is 10.4. The third kappa shape index (κ3) is 3.85. The van der Waals surface area contributed by atoms with Crippen LogP contribution in [0.2, 0.25) is 0 Å². The normalized spacial score (nSPS) is 11.3. The average molecular weight is 443 g/mol. The minimum absolute atomic E-state index is 0.0701. The van der Waals surface area contributed by atoms with E-state index in [0.29, 0.717) is 6.54 Å². The first-order chi connectivity index (χ1) is 15.7. The van der Waals surface area contributed by atoms with Gasteiger partial charge in [-0.2, -0.15) is 0 Å². The van der Waals surface area contributed by atoms with E-state index in [2.05, 4.69) is 43.8 Å². The van der Waals surface area contributed by atoms with Gasteiger partial charge < -0.3 is 4.98 Å². The fourth-order valence-corrected chi connectivity index (χ4v) is 4.67. The highest BCUT2D eigenvalue weighted by atomic mass is 32.2. The van der Waals surface area contributed by atoms with E-state index in [1.807, 2.05) is 48.5 Å². The van der Waals surface area contributed by atoms with Gasteiger partial charge in [0.05, 0.1) is 16.7 Å². The summed E-state index contributed by atoms with van der Waals surface area (Å²) in [6.45, 7) is 2.73. The summed E-state index contributed by atoms with van der Waals surface area (Å²) in [4.78, 5) is 19.3. The number of imidazole rings is 1.